The molecule has 1 heterocycles. The summed E-state index contributed by atoms with van der Waals surface area (Å²) in [4.78, 5) is 12.8. The summed E-state index contributed by atoms with van der Waals surface area (Å²) in [5.74, 6) is 0.147. The van der Waals surface area contributed by atoms with Gasteiger partial charge in [0, 0.05) is 16.1 Å². The summed E-state index contributed by atoms with van der Waals surface area (Å²) in [7, 11) is 0. The Kier molecular flexibility index (Phi) is 4.56. The molecular formula is C16H11BrClN3O2. The maximum atomic E-state index is 12.8. The van der Waals surface area contributed by atoms with E-state index in [0.717, 1.165) is 0 Å². The molecule has 3 aromatic rings. The molecule has 0 radical (unpaired) electrons. The van der Waals surface area contributed by atoms with Crippen molar-refractivity contribution in [2.24, 2.45) is 0 Å². The molecule has 0 unspecified atom stereocenters. The summed E-state index contributed by atoms with van der Waals surface area (Å²) in [6.45, 7) is -0.305. The smallest absolute Gasteiger partial charge is 0.204 e. The van der Waals surface area contributed by atoms with Crippen LogP contribution in [-0.2, 0) is 6.61 Å². The monoisotopic (exact) mass is 391 g/mol. The molecule has 7 heteroatoms. The van der Waals surface area contributed by atoms with Crippen LogP contribution in [0.15, 0.2) is 53.3 Å². The lowest BCUT2D eigenvalue weighted by Crippen LogP contribution is -2.10. The zero-order chi connectivity index (χ0) is 16.4. The summed E-state index contributed by atoms with van der Waals surface area (Å²) in [6, 6.07) is 13.9. The van der Waals surface area contributed by atoms with E-state index in [1.54, 1.807) is 47.0 Å². The third-order valence-corrected chi connectivity index (χ3v) is 4.06. The standard InChI is InChI=1S/C16H11BrClN3O2/c17-16-20-19-14(9-22)21(16)13-7-6-11(18)8-12(13)15(23)10-4-2-1-3-5-10/h1-8,22H,9H2. The molecule has 1 aromatic heterocycles. The molecule has 5 nitrogen and oxygen atoms in total. The predicted octanol–water partition coefficient (Wildman–Crippen LogP) is 3.41. The zero-order valence-corrected chi connectivity index (χ0v) is 14.1. The van der Waals surface area contributed by atoms with Gasteiger partial charge in [-0.2, -0.15) is 0 Å². The molecule has 23 heavy (non-hydrogen) atoms. The molecule has 0 fully saturated rings. The third-order valence-electron chi connectivity index (χ3n) is 3.31. The molecule has 1 N–H and O–H groups in total. The van der Waals surface area contributed by atoms with E-state index in [-0.39, 0.29) is 12.4 Å². The number of benzene rings is 2. The minimum atomic E-state index is -0.305. The fraction of sp³-hybridized carbons (Fsp3) is 0.0625. The molecule has 116 valence electrons. The quantitative estimate of drug-likeness (QED) is 0.691. The Morgan fingerprint density at radius 1 is 1.17 bits per heavy atom. The topological polar surface area (TPSA) is 68.0 Å². The average Bonchev–Trinajstić information content (AvgIpc) is 2.95. The van der Waals surface area contributed by atoms with Gasteiger partial charge in [0.15, 0.2) is 11.6 Å². The Morgan fingerprint density at radius 2 is 1.91 bits per heavy atom. The molecule has 0 spiro atoms. The van der Waals surface area contributed by atoms with Crippen molar-refractivity contribution in [3.8, 4) is 5.69 Å². The Morgan fingerprint density at radius 3 is 2.61 bits per heavy atom. The maximum absolute atomic E-state index is 12.8. The van der Waals surface area contributed by atoms with Crippen molar-refractivity contribution in [2.75, 3.05) is 0 Å². The first-order valence-electron chi connectivity index (χ1n) is 6.72. The molecule has 0 saturated heterocycles. The van der Waals surface area contributed by atoms with Crippen molar-refractivity contribution in [1.29, 1.82) is 0 Å². The highest BCUT2D eigenvalue weighted by Gasteiger charge is 2.19. The first kappa shape index (κ1) is 15.9. The van der Waals surface area contributed by atoms with Crippen molar-refractivity contribution in [2.45, 2.75) is 6.61 Å². The first-order valence-corrected chi connectivity index (χ1v) is 7.89. The summed E-state index contributed by atoms with van der Waals surface area (Å²) in [5.41, 5.74) is 1.49. The summed E-state index contributed by atoms with van der Waals surface area (Å²) in [6.07, 6.45) is 0. The Labute approximate surface area is 145 Å². The number of aliphatic hydroxyl groups excluding tert-OH is 1. The summed E-state index contributed by atoms with van der Waals surface area (Å²) >= 11 is 9.36. The number of carbonyl (C=O) groups is 1. The van der Waals surface area contributed by atoms with Crippen LogP contribution in [0.3, 0.4) is 0 Å². The third kappa shape index (κ3) is 3.06. The number of carbonyl (C=O) groups excluding carboxylic acids is 1. The maximum Gasteiger partial charge on any atom is 0.204 e. The van der Waals surface area contributed by atoms with Gasteiger partial charge >= 0.3 is 0 Å². The van der Waals surface area contributed by atoms with E-state index in [1.165, 1.54) is 0 Å². The average molecular weight is 393 g/mol. The Bertz CT molecular complexity index is 865. The molecule has 0 amide bonds. The molecule has 2 aromatic carbocycles. The highest BCUT2D eigenvalue weighted by molar-refractivity contribution is 9.10. The highest BCUT2D eigenvalue weighted by atomic mass is 79.9. The van der Waals surface area contributed by atoms with Crippen LogP contribution >= 0.6 is 27.5 Å². The van der Waals surface area contributed by atoms with Crippen molar-refractivity contribution in [1.82, 2.24) is 14.8 Å². The second kappa shape index (κ2) is 6.62. The van der Waals surface area contributed by atoms with Gasteiger partial charge in [-0.1, -0.05) is 41.9 Å². The summed E-state index contributed by atoms with van der Waals surface area (Å²) < 4.78 is 1.97. The van der Waals surface area contributed by atoms with Gasteiger partial charge in [-0.25, -0.2) is 0 Å². The van der Waals surface area contributed by atoms with Gasteiger partial charge in [0.2, 0.25) is 4.73 Å². The number of aromatic nitrogens is 3. The molecule has 0 aliphatic rings. The predicted molar refractivity (Wildman–Crippen MR) is 89.9 cm³/mol. The fourth-order valence-corrected chi connectivity index (χ4v) is 2.91. The van der Waals surface area contributed by atoms with Crippen molar-refractivity contribution in [3.63, 3.8) is 0 Å². The normalized spacial score (nSPS) is 10.7. The van der Waals surface area contributed by atoms with Gasteiger partial charge < -0.3 is 5.11 Å². The van der Waals surface area contributed by atoms with Crippen molar-refractivity contribution < 1.29 is 9.90 Å². The molecule has 3 rings (SSSR count). The Hall–Kier alpha value is -2.02. The molecule has 0 saturated carbocycles. The van der Waals surface area contributed by atoms with Crippen LogP contribution in [0.2, 0.25) is 5.02 Å². The second-order valence-corrected chi connectivity index (χ2v) is 5.88. The zero-order valence-electron chi connectivity index (χ0n) is 11.8. The van der Waals surface area contributed by atoms with E-state index in [4.69, 9.17) is 11.6 Å². The number of hydrogen-bond donors (Lipinski definition) is 1. The molecule has 0 atom stereocenters. The number of rotatable bonds is 4. The van der Waals surface area contributed by atoms with Gasteiger partial charge in [-0.15, -0.1) is 10.2 Å². The highest BCUT2D eigenvalue weighted by Crippen LogP contribution is 2.26. The van der Waals surface area contributed by atoms with Crippen LogP contribution in [0.4, 0.5) is 0 Å². The molecule has 0 aliphatic carbocycles. The van der Waals surface area contributed by atoms with Gasteiger partial charge in [0.25, 0.3) is 0 Å². The van der Waals surface area contributed by atoms with Crippen LogP contribution in [0.25, 0.3) is 5.69 Å². The first-order chi connectivity index (χ1) is 11.1. The Balaban J connectivity index is 2.20. The van der Waals surface area contributed by atoms with E-state index in [9.17, 15) is 9.90 Å². The van der Waals surface area contributed by atoms with E-state index < -0.39 is 0 Å². The minimum Gasteiger partial charge on any atom is -0.388 e. The van der Waals surface area contributed by atoms with Crippen LogP contribution in [-0.4, -0.2) is 25.7 Å². The van der Waals surface area contributed by atoms with E-state index in [1.807, 2.05) is 6.07 Å². The molecule has 0 bridgehead atoms. The van der Waals surface area contributed by atoms with Crippen molar-refractivity contribution in [3.05, 3.63) is 75.2 Å². The SMILES string of the molecule is O=C(c1ccccc1)c1cc(Cl)ccc1-n1c(Br)nnc1CO. The van der Waals surface area contributed by atoms with E-state index in [2.05, 4.69) is 26.1 Å². The second-order valence-electron chi connectivity index (χ2n) is 4.74. The summed E-state index contributed by atoms with van der Waals surface area (Å²) in [5, 5.41) is 17.6. The van der Waals surface area contributed by atoms with Gasteiger partial charge in [0.05, 0.1) is 5.69 Å². The molecular weight excluding hydrogens is 382 g/mol. The largest absolute Gasteiger partial charge is 0.388 e. The number of nitrogens with zero attached hydrogens (tertiary/aromatic N) is 3. The van der Waals surface area contributed by atoms with Crippen LogP contribution in [0.1, 0.15) is 21.7 Å². The van der Waals surface area contributed by atoms with E-state index in [0.29, 0.717) is 32.4 Å². The lowest BCUT2D eigenvalue weighted by molar-refractivity contribution is 0.103. The minimum absolute atomic E-state index is 0.174. The van der Waals surface area contributed by atoms with Crippen LogP contribution in [0.5, 0.6) is 0 Å². The van der Waals surface area contributed by atoms with Crippen molar-refractivity contribution >= 4 is 33.3 Å². The van der Waals surface area contributed by atoms with Gasteiger partial charge in [-0.05, 0) is 34.1 Å². The number of ketones is 1. The molecule has 0 aliphatic heterocycles. The lowest BCUT2D eigenvalue weighted by Gasteiger charge is -2.12. The van der Waals surface area contributed by atoms with Crippen LogP contribution < -0.4 is 0 Å². The number of halogens is 2. The number of hydrogen-bond acceptors (Lipinski definition) is 4. The van der Waals surface area contributed by atoms with Crippen LogP contribution in [0, 0.1) is 0 Å². The van der Waals surface area contributed by atoms with Gasteiger partial charge in [0.1, 0.15) is 6.61 Å². The fourth-order valence-electron chi connectivity index (χ4n) is 2.27. The van der Waals surface area contributed by atoms with Gasteiger partial charge in [-0.3, -0.25) is 9.36 Å². The number of aliphatic hydroxyl groups is 1. The lowest BCUT2D eigenvalue weighted by atomic mass is 10.0. The van der Waals surface area contributed by atoms with E-state index >= 15 is 0 Å².